The average Bonchev–Trinajstić information content (AvgIpc) is 1.99. The Morgan fingerprint density at radius 2 is 2.08 bits per heavy atom. The molecule has 0 fully saturated rings. The van der Waals surface area contributed by atoms with Crippen LogP contribution < -0.4 is 0 Å². The van der Waals surface area contributed by atoms with Gasteiger partial charge in [-0.05, 0) is 5.92 Å². The van der Waals surface area contributed by atoms with Crippen LogP contribution in [0, 0.1) is 5.92 Å². The van der Waals surface area contributed by atoms with E-state index < -0.39 is 6.10 Å². The van der Waals surface area contributed by atoms with E-state index >= 15 is 0 Å². The standard InChI is InChI=1S/C8H16O4/c1-6(2)3-8(11)12-5-7(10)4-9/h6-7,9-10H,3-5H2,1-2H3/t7-/m1/s1. The lowest BCUT2D eigenvalue weighted by molar-refractivity contribution is -0.148. The largest absolute Gasteiger partial charge is 0.463 e. The van der Waals surface area contributed by atoms with Crippen LogP contribution in [0.25, 0.3) is 0 Å². The second kappa shape index (κ2) is 5.97. The summed E-state index contributed by atoms with van der Waals surface area (Å²) in [5, 5.41) is 17.2. The van der Waals surface area contributed by atoms with E-state index in [1.165, 1.54) is 0 Å². The molecule has 12 heavy (non-hydrogen) atoms. The molecule has 0 bridgehead atoms. The number of aliphatic hydroxyl groups is 2. The summed E-state index contributed by atoms with van der Waals surface area (Å²) in [6.45, 7) is 3.31. The molecule has 0 amide bonds. The molecule has 0 spiro atoms. The highest BCUT2D eigenvalue weighted by Crippen LogP contribution is 2.01. The molecular formula is C8H16O4. The van der Waals surface area contributed by atoms with Crippen molar-refractivity contribution in [2.45, 2.75) is 26.4 Å². The van der Waals surface area contributed by atoms with Crippen molar-refractivity contribution in [3.8, 4) is 0 Å². The number of aliphatic hydroxyl groups excluding tert-OH is 2. The van der Waals surface area contributed by atoms with Crippen LogP contribution in [0.5, 0.6) is 0 Å². The second-order valence-corrected chi connectivity index (χ2v) is 3.12. The molecule has 0 saturated carbocycles. The van der Waals surface area contributed by atoms with Crippen molar-refractivity contribution in [2.75, 3.05) is 13.2 Å². The van der Waals surface area contributed by atoms with Gasteiger partial charge in [0.25, 0.3) is 0 Å². The lowest BCUT2D eigenvalue weighted by atomic mass is 10.1. The van der Waals surface area contributed by atoms with Gasteiger partial charge in [0.2, 0.25) is 0 Å². The van der Waals surface area contributed by atoms with Gasteiger partial charge in [0.1, 0.15) is 12.7 Å². The van der Waals surface area contributed by atoms with E-state index in [9.17, 15) is 4.79 Å². The zero-order valence-electron chi connectivity index (χ0n) is 7.49. The first kappa shape index (κ1) is 11.4. The van der Waals surface area contributed by atoms with Gasteiger partial charge < -0.3 is 14.9 Å². The number of hydrogen-bond donors (Lipinski definition) is 2. The predicted octanol–water partition coefficient (Wildman–Crippen LogP) is -0.0711. The van der Waals surface area contributed by atoms with Gasteiger partial charge in [-0.1, -0.05) is 13.8 Å². The Morgan fingerprint density at radius 1 is 1.50 bits per heavy atom. The zero-order valence-corrected chi connectivity index (χ0v) is 7.49. The predicted molar refractivity (Wildman–Crippen MR) is 43.5 cm³/mol. The molecule has 0 aromatic heterocycles. The summed E-state index contributed by atoms with van der Waals surface area (Å²) in [4.78, 5) is 10.9. The van der Waals surface area contributed by atoms with E-state index in [1.54, 1.807) is 0 Å². The molecule has 2 N–H and O–H groups in total. The molecule has 0 heterocycles. The van der Waals surface area contributed by atoms with Crippen LogP contribution in [-0.4, -0.2) is 35.5 Å². The van der Waals surface area contributed by atoms with Crippen LogP contribution in [0.15, 0.2) is 0 Å². The lowest BCUT2D eigenvalue weighted by Gasteiger charge is -2.09. The summed E-state index contributed by atoms with van der Waals surface area (Å²) in [6, 6.07) is 0. The molecule has 0 aliphatic carbocycles. The highest BCUT2D eigenvalue weighted by atomic mass is 16.5. The molecule has 72 valence electrons. The molecule has 0 rings (SSSR count). The SMILES string of the molecule is CC(C)CC(=O)OC[C@H](O)CO. The minimum absolute atomic E-state index is 0.123. The molecule has 0 aromatic rings. The molecule has 0 radical (unpaired) electrons. The van der Waals surface area contributed by atoms with Crippen LogP contribution in [0.2, 0.25) is 0 Å². The van der Waals surface area contributed by atoms with Crippen molar-refractivity contribution < 1.29 is 19.7 Å². The average molecular weight is 176 g/mol. The monoisotopic (exact) mass is 176 g/mol. The summed E-state index contributed by atoms with van der Waals surface area (Å²) < 4.78 is 4.66. The first-order chi connectivity index (χ1) is 5.56. The van der Waals surface area contributed by atoms with Crippen molar-refractivity contribution in [1.82, 2.24) is 0 Å². The van der Waals surface area contributed by atoms with E-state index in [1.807, 2.05) is 13.8 Å². The molecular weight excluding hydrogens is 160 g/mol. The Morgan fingerprint density at radius 3 is 2.50 bits per heavy atom. The van der Waals surface area contributed by atoms with Gasteiger partial charge in [0, 0.05) is 6.42 Å². The molecule has 0 saturated heterocycles. The maximum atomic E-state index is 10.9. The number of ether oxygens (including phenoxy) is 1. The maximum Gasteiger partial charge on any atom is 0.306 e. The van der Waals surface area contributed by atoms with Gasteiger partial charge in [-0.3, -0.25) is 4.79 Å². The minimum Gasteiger partial charge on any atom is -0.463 e. The van der Waals surface area contributed by atoms with Gasteiger partial charge >= 0.3 is 5.97 Å². The van der Waals surface area contributed by atoms with Gasteiger partial charge in [-0.25, -0.2) is 0 Å². The summed E-state index contributed by atoms with van der Waals surface area (Å²) in [5.74, 6) is -0.0822. The van der Waals surface area contributed by atoms with E-state index in [0.29, 0.717) is 6.42 Å². The Kier molecular flexibility index (Phi) is 5.66. The van der Waals surface area contributed by atoms with E-state index in [4.69, 9.17) is 10.2 Å². The van der Waals surface area contributed by atoms with Gasteiger partial charge in [0.15, 0.2) is 0 Å². The number of rotatable bonds is 5. The van der Waals surface area contributed by atoms with Crippen molar-refractivity contribution in [3.05, 3.63) is 0 Å². The second-order valence-electron chi connectivity index (χ2n) is 3.12. The molecule has 1 atom stereocenters. The third-order valence-corrected chi connectivity index (χ3v) is 1.22. The highest BCUT2D eigenvalue weighted by molar-refractivity contribution is 5.69. The molecule has 0 aliphatic rings. The van der Waals surface area contributed by atoms with Crippen molar-refractivity contribution in [2.24, 2.45) is 5.92 Å². The molecule has 4 nitrogen and oxygen atoms in total. The third kappa shape index (κ3) is 6.12. The minimum atomic E-state index is -0.957. The van der Waals surface area contributed by atoms with Crippen molar-refractivity contribution in [1.29, 1.82) is 0 Å². The van der Waals surface area contributed by atoms with Gasteiger partial charge in [-0.15, -0.1) is 0 Å². The molecule has 0 unspecified atom stereocenters. The molecule has 4 heteroatoms. The van der Waals surface area contributed by atoms with Crippen LogP contribution in [0.1, 0.15) is 20.3 Å². The maximum absolute atomic E-state index is 10.9. The van der Waals surface area contributed by atoms with Crippen molar-refractivity contribution in [3.63, 3.8) is 0 Å². The van der Waals surface area contributed by atoms with Crippen LogP contribution >= 0.6 is 0 Å². The van der Waals surface area contributed by atoms with Gasteiger partial charge in [-0.2, -0.15) is 0 Å². The van der Waals surface area contributed by atoms with E-state index in [2.05, 4.69) is 4.74 Å². The lowest BCUT2D eigenvalue weighted by Crippen LogP contribution is -2.22. The Bertz CT molecular complexity index is 133. The zero-order chi connectivity index (χ0) is 9.56. The summed E-state index contributed by atoms with van der Waals surface area (Å²) in [6.07, 6.45) is -0.612. The van der Waals surface area contributed by atoms with E-state index in [-0.39, 0.29) is 25.1 Å². The first-order valence-electron chi connectivity index (χ1n) is 4.00. The fourth-order valence-electron chi connectivity index (χ4n) is 0.634. The van der Waals surface area contributed by atoms with Crippen LogP contribution in [0.3, 0.4) is 0 Å². The third-order valence-electron chi connectivity index (χ3n) is 1.22. The quantitative estimate of drug-likeness (QED) is 0.575. The highest BCUT2D eigenvalue weighted by Gasteiger charge is 2.08. The van der Waals surface area contributed by atoms with E-state index in [0.717, 1.165) is 0 Å². The normalized spacial score (nSPS) is 13.1. The summed E-state index contributed by atoms with van der Waals surface area (Å²) in [7, 11) is 0. The smallest absolute Gasteiger partial charge is 0.306 e. The fraction of sp³-hybridized carbons (Fsp3) is 0.875. The van der Waals surface area contributed by atoms with Crippen LogP contribution in [0.4, 0.5) is 0 Å². The number of carbonyl (C=O) groups excluding carboxylic acids is 1. The van der Waals surface area contributed by atoms with Crippen molar-refractivity contribution >= 4 is 5.97 Å². The summed E-state index contributed by atoms with van der Waals surface area (Å²) >= 11 is 0. The number of esters is 1. The summed E-state index contributed by atoms with van der Waals surface area (Å²) in [5.41, 5.74) is 0. The Balaban J connectivity index is 3.44. The van der Waals surface area contributed by atoms with Crippen LogP contribution in [-0.2, 0) is 9.53 Å². The Labute approximate surface area is 72.2 Å². The molecule has 0 aliphatic heterocycles. The Hall–Kier alpha value is -0.610. The topological polar surface area (TPSA) is 66.8 Å². The molecule has 0 aromatic carbocycles. The first-order valence-corrected chi connectivity index (χ1v) is 4.00. The number of hydrogen-bond acceptors (Lipinski definition) is 4. The fourth-order valence-corrected chi connectivity index (χ4v) is 0.634. The van der Waals surface area contributed by atoms with Gasteiger partial charge in [0.05, 0.1) is 6.61 Å². The number of carbonyl (C=O) groups is 1.